The standard InChI is InChI=1S/C19H29NO8/c1-4-13(18(24)26-6-3)14(21)11-15-19(27-9-10-28-19)7-8-20(15)16(22)12-17(23)25-5-2/h13,15H,4-12H2,1-3H3. The number of hydrogen-bond donors (Lipinski definition) is 0. The van der Waals surface area contributed by atoms with E-state index in [-0.39, 0.29) is 25.4 Å². The summed E-state index contributed by atoms with van der Waals surface area (Å²) in [5.74, 6) is -3.95. The zero-order chi connectivity index (χ0) is 20.7. The number of rotatable bonds is 9. The number of carbonyl (C=O) groups is 4. The first-order valence-corrected chi connectivity index (χ1v) is 9.80. The molecule has 1 amide bonds. The van der Waals surface area contributed by atoms with Gasteiger partial charge in [0.2, 0.25) is 5.91 Å². The Labute approximate surface area is 164 Å². The third-order valence-corrected chi connectivity index (χ3v) is 5.04. The number of nitrogens with zero attached hydrogens (tertiary/aromatic N) is 1. The fraction of sp³-hybridized carbons (Fsp3) is 0.789. The van der Waals surface area contributed by atoms with Crippen LogP contribution >= 0.6 is 0 Å². The number of ether oxygens (including phenoxy) is 4. The third-order valence-electron chi connectivity index (χ3n) is 5.04. The number of ketones is 1. The van der Waals surface area contributed by atoms with E-state index in [1.165, 1.54) is 4.90 Å². The van der Waals surface area contributed by atoms with Crippen molar-refractivity contribution in [2.45, 2.75) is 58.3 Å². The number of likely N-dealkylation sites (tertiary alicyclic amines) is 1. The molecule has 2 unspecified atom stereocenters. The zero-order valence-corrected chi connectivity index (χ0v) is 16.7. The summed E-state index contributed by atoms with van der Waals surface area (Å²) >= 11 is 0. The molecule has 9 nitrogen and oxygen atoms in total. The van der Waals surface area contributed by atoms with E-state index in [1.807, 2.05) is 0 Å². The van der Waals surface area contributed by atoms with E-state index < -0.39 is 42.0 Å². The Morgan fingerprint density at radius 1 is 1.07 bits per heavy atom. The molecule has 0 aromatic carbocycles. The summed E-state index contributed by atoms with van der Waals surface area (Å²) in [6.07, 6.45) is 0.182. The van der Waals surface area contributed by atoms with E-state index in [0.717, 1.165) is 0 Å². The van der Waals surface area contributed by atoms with Gasteiger partial charge in [0.05, 0.1) is 32.5 Å². The molecule has 0 bridgehead atoms. The van der Waals surface area contributed by atoms with Crippen molar-refractivity contribution in [2.75, 3.05) is 33.0 Å². The average Bonchev–Trinajstić information content (AvgIpc) is 3.25. The lowest BCUT2D eigenvalue weighted by Gasteiger charge is -2.33. The van der Waals surface area contributed by atoms with Gasteiger partial charge in [0.1, 0.15) is 18.1 Å². The first-order valence-electron chi connectivity index (χ1n) is 9.80. The normalized spacial score (nSPS) is 21.5. The first kappa shape index (κ1) is 22.3. The molecule has 0 saturated carbocycles. The van der Waals surface area contributed by atoms with Crippen LogP contribution in [0, 0.1) is 5.92 Å². The van der Waals surface area contributed by atoms with Crippen molar-refractivity contribution in [3.05, 3.63) is 0 Å². The Bertz CT molecular complexity index is 599. The molecule has 2 rings (SSSR count). The van der Waals surface area contributed by atoms with Gasteiger partial charge in [0.15, 0.2) is 5.79 Å². The monoisotopic (exact) mass is 399 g/mol. The van der Waals surface area contributed by atoms with Crippen LogP contribution < -0.4 is 0 Å². The minimum atomic E-state index is -1.08. The molecule has 0 radical (unpaired) electrons. The number of carbonyl (C=O) groups excluding carboxylic acids is 4. The number of amides is 1. The molecule has 28 heavy (non-hydrogen) atoms. The maximum absolute atomic E-state index is 12.8. The lowest BCUT2D eigenvalue weighted by Crippen LogP contribution is -2.50. The van der Waals surface area contributed by atoms with Gasteiger partial charge >= 0.3 is 11.9 Å². The molecule has 2 aliphatic rings. The van der Waals surface area contributed by atoms with E-state index in [4.69, 9.17) is 18.9 Å². The average molecular weight is 399 g/mol. The van der Waals surface area contributed by atoms with Crippen molar-refractivity contribution in [2.24, 2.45) is 5.92 Å². The highest BCUT2D eigenvalue weighted by Gasteiger charge is 2.54. The lowest BCUT2D eigenvalue weighted by atomic mass is 9.92. The molecule has 0 N–H and O–H groups in total. The lowest BCUT2D eigenvalue weighted by molar-refractivity contribution is -0.181. The van der Waals surface area contributed by atoms with Crippen molar-refractivity contribution >= 4 is 23.6 Å². The van der Waals surface area contributed by atoms with Crippen molar-refractivity contribution in [1.29, 1.82) is 0 Å². The van der Waals surface area contributed by atoms with Crippen LogP contribution in [0.1, 0.15) is 46.5 Å². The quantitative estimate of drug-likeness (QED) is 0.414. The second-order valence-electron chi connectivity index (χ2n) is 6.73. The minimum absolute atomic E-state index is 0.105. The van der Waals surface area contributed by atoms with Gasteiger partial charge in [-0.2, -0.15) is 0 Å². The van der Waals surface area contributed by atoms with Crippen molar-refractivity contribution in [1.82, 2.24) is 4.90 Å². The van der Waals surface area contributed by atoms with Crippen molar-refractivity contribution in [3.8, 4) is 0 Å². The maximum Gasteiger partial charge on any atom is 0.316 e. The van der Waals surface area contributed by atoms with Gasteiger partial charge < -0.3 is 23.8 Å². The molecule has 2 aliphatic heterocycles. The Kier molecular flexibility index (Phi) is 7.94. The van der Waals surface area contributed by atoms with Gasteiger partial charge in [-0.15, -0.1) is 0 Å². The maximum atomic E-state index is 12.8. The van der Waals surface area contributed by atoms with E-state index in [9.17, 15) is 19.2 Å². The largest absolute Gasteiger partial charge is 0.466 e. The van der Waals surface area contributed by atoms with Gasteiger partial charge in [-0.05, 0) is 20.3 Å². The van der Waals surface area contributed by atoms with Gasteiger partial charge in [-0.1, -0.05) is 6.92 Å². The van der Waals surface area contributed by atoms with Crippen LogP contribution in [-0.2, 0) is 38.1 Å². The summed E-state index contributed by atoms with van der Waals surface area (Å²) < 4.78 is 21.4. The highest BCUT2D eigenvalue weighted by molar-refractivity contribution is 6.00. The van der Waals surface area contributed by atoms with E-state index >= 15 is 0 Å². The van der Waals surface area contributed by atoms with Crippen molar-refractivity contribution < 1.29 is 38.1 Å². The van der Waals surface area contributed by atoms with Gasteiger partial charge in [0.25, 0.3) is 0 Å². The predicted octanol–water partition coefficient (Wildman–Crippen LogP) is 0.832. The van der Waals surface area contributed by atoms with Crippen LogP contribution in [0.4, 0.5) is 0 Å². The van der Waals surface area contributed by atoms with E-state index in [0.29, 0.717) is 32.6 Å². The molecule has 2 saturated heterocycles. The van der Waals surface area contributed by atoms with E-state index in [1.54, 1.807) is 20.8 Å². The summed E-state index contributed by atoms with van der Waals surface area (Å²) in [5, 5.41) is 0. The van der Waals surface area contributed by atoms with Crippen LogP contribution in [0.5, 0.6) is 0 Å². The summed E-state index contributed by atoms with van der Waals surface area (Å²) in [7, 11) is 0. The summed E-state index contributed by atoms with van der Waals surface area (Å²) in [4.78, 5) is 50.7. The van der Waals surface area contributed by atoms with Crippen LogP contribution in [0.15, 0.2) is 0 Å². The van der Waals surface area contributed by atoms with Gasteiger partial charge in [-0.3, -0.25) is 19.2 Å². The Hall–Kier alpha value is -2.00. The third kappa shape index (κ3) is 4.88. The second kappa shape index (κ2) is 9.97. The minimum Gasteiger partial charge on any atom is -0.466 e. The number of Topliss-reactive ketones (excluding diaryl/α,β-unsaturated/α-hetero) is 1. The number of esters is 2. The zero-order valence-electron chi connectivity index (χ0n) is 16.7. The van der Waals surface area contributed by atoms with E-state index in [2.05, 4.69) is 0 Å². The summed E-state index contributed by atoms with van der Waals surface area (Å²) in [5.41, 5.74) is 0. The first-order chi connectivity index (χ1) is 13.4. The van der Waals surface area contributed by atoms with Crippen LogP contribution in [0.25, 0.3) is 0 Å². The van der Waals surface area contributed by atoms with Gasteiger partial charge in [-0.25, -0.2) is 0 Å². The fourth-order valence-electron chi connectivity index (χ4n) is 3.75. The molecule has 1 spiro atoms. The molecular weight excluding hydrogens is 370 g/mol. The number of hydrogen-bond acceptors (Lipinski definition) is 8. The molecule has 2 fully saturated rings. The van der Waals surface area contributed by atoms with Crippen LogP contribution in [0.3, 0.4) is 0 Å². The smallest absolute Gasteiger partial charge is 0.316 e. The molecule has 0 aliphatic carbocycles. The molecular formula is C19H29NO8. The fourth-order valence-corrected chi connectivity index (χ4v) is 3.75. The van der Waals surface area contributed by atoms with Crippen LogP contribution in [0.2, 0.25) is 0 Å². The Morgan fingerprint density at radius 2 is 1.71 bits per heavy atom. The Morgan fingerprint density at radius 3 is 2.29 bits per heavy atom. The summed E-state index contributed by atoms with van der Waals surface area (Å²) in [6.45, 7) is 6.46. The van der Waals surface area contributed by atoms with Crippen LogP contribution in [-0.4, -0.2) is 73.3 Å². The molecule has 2 heterocycles. The summed E-state index contributed by atoms with van der Waals surface area (Å²) in [6, 6.07) is -0.701. The highest BCUT2D eigenvalue weighted by Crippen LogP contribution is 2.39. The topological polar surface area (TPSA) is 108 Å². The Balaban J connectivity index is 2.16. The van der Waals surface area contributed by atoms with Gasteiger partial charge in [0, 0.05) is 19.4 Å². The molecule has 9 heteroatoms. The molecule has 0 aromatic rings. The second-order valence-corrected chi connectivity index (χ2v) is 6.73. The van der Waals surface area contributed by atoms with Crippen molar-refractivity contribution in [3.63, 3.8) is 0 Å². The predicted molar refractivity (Wildman–Crippen MR) is 96.0 cm³/mol. The molecule has 0 aromatic heterocycles. The highest BCUT2D eigenvalue weighted by atomic mass is 16.7. The molecule has 2 atom stereocenters. The molecule has 158 valence electrons. The SMILES string of the molecule is CCOC(=O)CC(=O)N1CCC2(OCCO2)C1CC(=O)C(CC)C(=O)OCC.